The fraction of sp³-hybridized carbons (Fsp3) is 0.143. The Morgan fingerprint density at radius 2 is 1.78 bits per heavy atom. The molecule has 3 aromatic heterocycles. The molecule has 190 valence electrons. The highest BCUT2D eigenvalue weighted by atomic mass is 16.5. The van der Waals surface area contributed by atoms with E-state index in [1.54, 1.807) is 38.7 Å². The second kappa shape index (κ2) is 9.98. The number of imidazole rings is 1. The zero-order chi connectivity index (χ0) is 25.9. The Labute approximate surface area is 217 Å². The molecule has 5 aromatic rings. The van der Waals surface area contributed by atoms with Crippen LogP contribution in [0, 0.1) is 6.92 Å². The van der Waals surface area contributed by atoms with Crippen LogP contribution in [0.15, 0.2) is 73.1 Å². The summed E-state index contributed by atoms with van der Waals surface area (Å²) in [6.07, 6.45) is 3.28. The first kappa shape index (κ1) is 23.8. The number of fused-ring (bicyclic) bond motifs is 1. The van der Waals surface area contributed by atoms with Crippen LogP contribution in [0.1, 0.15) is 18.9 Å². The summed E-state index contributed by atoms with van der Waals surface area (Å²) in [7, 11) is 5.13. The number of pyridine rings is 2. The van der Waals surface area contributed by atoms with Gasteiger partial charge in [-0.25, -0.2) is 9.97 Å². The number of rotatable bonds is 7. The summed E-state index contributed by atoms with van der Waals surface area (Å²) < 4.78 is 13.3. The summed E-state index contributed by atoms with van der Waals surface area (Å²) >= 11 is 0. The maximum atomic E-state index is 11.9. The largest absolute Gasteiger partial charge is 0.481 e. The Hall–Kier alpha value is -4.92. The normalized spacial score (nSPS) is 10.8. The highest BCUT2D eigenvalue weighted by Crippen LogP contribution is 2.31. The number of hydrogen-bond acceptors (Lipinski definition) is 7. The van der Waals surface area contributed by atoms with E-state index in [1.807, 2.05) is 48.0 Å². The molecule has 1 amide bonds. The van der Waals surface area contributed by atoms with Crippen molar-refractivity contribution in [2.45, 2.75) is 6.92 Å². The molecule has 2 aromatic carbocycles. The zero-order valence-electron chi connectivity index (χ0n) is 20.9. The molecule has 0 aliphatic rings. The molecule has 0 saturated carbocycles. The van der Waals surface area contributed by atoms with E-state index in [2.05, 4.69) is 39.7 Å². The Morgan fingerprint density at radius 1 is 0.973 bits per heavy atom. The first-order valence-corrected chi connectivity index (χ1v) is 11.7. The summed E-state index contributed by atoms with van der Waals surface area (Å²) in [6, 6.07) is 19.1. The minimum Gasteiger partial charge on any atom is -0.481 e. The zero-order valence-corrected chi connectivity index (χ0v) is 20.9. The van der Waals surface area contributed by atoms with Gasteiger partial charge in [0.25, 0.3) is 5.91 Å². The number of carbonyl (C=O) groups excluding carboxylic acids is 1. The van der Waals surface area contributed by atoms with E-state index in [-0.39, 0.29) is 14.5 Å². The molecule has 5 rings (SSSR count). The number of nitrogens with one attached hydrogen (secondary N) is 2. The lowest BCUT2D eigenvalue weighted by Crippen LogP contribution is -2.18. The number of ether oxygens (including phenoxy) is 2. The van der Waals surface area contributed by atoms with Crippen molar-refractivity contribution < 1.29 is 17.1 Å². The molecular weight excluding hydrogens is 468 g/mol. The number of benzene rings is 2. The Bertz CT molecular complexity index is 1620. The number of methoxy groups -OCH3 is 1. The van der Waals surface area contributed by atoms with Crippen molar-refractivity contribution >= 4 is 28.6 Å². The van der Waals surface area contributed by atoms with Gasteiger partial charge in [-0.3, -0.25) is 9.78 Å². The van der Waals surface area contributed by atoms with Gasteiger partial charge in [0.2, 0.25) is 11.8 Å². The van der Waals surface area contributed by atoms with E-state index in [0.29, 0.717) is 23.3 Å². The van der Waals surface area contributed by atoms with E-state index in [4.69, 9.17) is 14.5 Å². The Kier molecular flexibility index (Phi) is 6.42. The van der Waals surface area contributed by atoms with E-state index in [9.17, 15) is 4.79 Å². The van der Waals surface area contributed by atoms with Gasteiger partial charge in [0.05, 0.1) is 18.1 Å². The lowest BCUT2D eigenvalue weighted by molar-refractivity contribution is 0.0958. The molecule has 0 spiro atoms. The first-order valence-electron chi connectivity index (χ1n) is 11.7. The molecule has 0 radical (unpaired) electrons. The minimum absolute atomic E-state index is 0. The lowest BCUT2D eigenvalue weighted by Gasteiger charge is -2.12. The smallest absolute Gasteiger partial charge is 0.269 e. The maximum Gasteiger partial charge on any atom is 0.269 e. The summed E-state index contributed by atoms with van der Waals surface area (Å²) in [5.74, 6) is 2.11. The van der Waals surface area contributed by atoms with E-state index < -0.39 is 0 Å². The molecule has 0 unspecified atom stereocenters. The molecule has 37 heavy (non-hydrogen) atoms. The predicted molar refractivity (Wildman–Crippen MR) is 147 cm³/mol. The number of amides is 1. The van der Waals surface area contributed by atoms with Gasteiger partial charge in [-0.2, -0.15) is 0 Å². The van der Waals surface area contributed by atoms with Crippen LogP contribution in [-0.2, 0) is 7.05 Å². The lowest BCUT2D eigenvalue weighted by atomic mass is 10.0. The van der Waals surface area contributed by atoms with Crippen LogP contribution < -0.4 is 20.1 Å². The number of nitrogens with zero attached hydrogens (tertiary/aromatic N) is 4. The molecule has 9 heteroatoms. The summed E-state index contributed by atoms with van der Waals surface area (Å²) in [4.78, 5) is 24.9. The van der Waals surface area contributed by atoms with E-state index >= 15 is 0 Å². The second-order valence-electron chi connectivity index (χ2n) is 8.44. The molecule has 0 bridgehead atoms. The van der Waals surface area contributed by atoms with Gasteiger partial charge in [0.15, 0.2) is 0 Å². The molecule has 2 N–H and O–H groups in total. The van der Waals surface area contributed by atoms with Gasteiger partial charge >= 0.3 is 0 Å². The molecule has 0 fully saturated rings. The molecular formula is C28H30N6O3. The number of anilines is 2. The van der Waals surface area contributed by atoms with Crippen molar-refractivity contribution in [3.05, 3.63) is 84.3 Å². The van der Waals surface area contributed by atoms with E-state index in [1.165, 1.54) is 0 Å². The van der Waals surface area contributed by atoms with E-state index in [0.717, 1.165) is 33.4 Å². The third kappa shape index (κ3) is 4.92. The van der Waals surface area contributed by atoms with Gasteiger partial charge in [0, 0.05) is 53.2 Å². The van der Waals surface area contributed by atoms with Gasteiger partial charge < -0.3 is 24.7 Å². The number of hydrogen-bond donors (Lipinski definition) is 2. The first-order chi connectivity index (χ1) is 17.9. The topological polar surface area (TPSA) is 103 Å². The predicted octanol–water partition coefficient (Wildman–Crippen LogP) is 5.73. The third-order valence-electron chi connectivity index (χ3n) is 6.03. The van der Waals surface area contributed by atoms with Gasteiger partial charge in [-0.15, -0.1) is 0 Å². The maximum absolute atomic E-state index is 11.9. The summed E-state index contributed by atoms with van der Waals surface area (Å²) in [5, 5.41) is 6.00. The molecule has 3 heterocycles. The van der Waals surface area contributed by atoms with Gasteiger partial charge in [0.1, 0.15) is 17.2 Å². The molecule has 0 aliphatic carbocycles. The van der Waals surface area contributed by atoms with Crippen LogP contribution in [0.3, 0.4) is 0 Å². The minimum atomic E-state index is -0.274. The molecule has 0 aliphatic heterocycles. The molecule has 0 atom stereocenters. The highest BCUT2D eigenvalue weighted by Gasteiger charge is 2.12. The standard InChI is InChI=1S/C28H26N6O3.2H2/c1-17-5-6-19(14-22(17)18-9-11-31-26(13-18)36-4)32-28-33-23-15-20(7-8-25(23)34(28)3)37-21-10-12-30-24(16-21)27(35)29-2;;/h5-16H,1-4H3,(H,29,35)(H,32,33);2*1H. The fourth-order valence-electron chi connectivity index (χ4n) is 4.05. The van der Waals surface area contributed by atoms with Crippen LogP contribution in [0.4, 0.5) is 11.6 Å². The van der Waals surface area contributed by atoms with Crippen LogP contribution >= 0.6 is 0 Å². The highest BCUT2D eigenvalue weighted by molar-refractivity contribution is 5.92. The van der Waals surface area contributed by atoms with Crippen LogP contribution in [-0.4, -0.2) is 39.6 Å². The van der Waals surface area contributed by atoms with Crippen molar-refractivity contribution in [3.63, 3.8) is 0 Å². The average molecular weight is 499 g/mol. The average Bonchev–Trinajstić information content (AvgIpc) is 3.23. The second-order valence-corrected chi connectivity index (χ2v) is 8.44. The van der Waals surface area contributed by atoms with Crippen molar-refractivity contribution in [2.24, 2.45) is 7.05 Å². The monoisotopic (exact) mass is 498 g/mol. The Morgan fingerprint density at radius 3 is 2.59 bits per heavy atom. The van der Waals surface area contributed by atoms with Crippen LogP contribution in [0.5, 0.6) is 17.4 Å². The number of aryl methyl sites for hydroxylation is 2. The molecule has 0 saturated heterocycles. The summed E-state index contributed by atoms with van der Waals surface area (Å²) in [5.41, 5.74) is 6.15. The summed E-state index contributed by atoms with van der Waals surface area (Å²) in [6.45, 7) is 2.07. The van der Waals surface area contributed by atoms with Crippen molar-refractivity contribution in [1.82, 2.24) is 24.8 Å². The molecule has 9 nitrogen and oxygen atoms in total. The van der Waals surface area contributed by atoms with Crippen molar-refractivity contribution in [2.75, 3.05) is 19.5 Å². The van der Waals surface area contributed by atoms with Crippen molar-refractivity contribution in [1.29, 1.82) is 0 Å². The quantitative estimate of drug-likeness (QED) is 0.295. The van der Waals surface area contributed by atoms with Crippen LogP contribution in [0.25, 0.3) is 22.2 Å². The fourth-order valence-corrected chi connectivity index (χ4v) is 4.05. The van der Waals surface area contributed by atoms with Gasteiger partial charge in [-0.1, -0.05) is 6.07 Å². The van der Waals surface area contributed by atoms with Crippen molar-refractivity contribution in [3.8, 4) is 28.5 Å². The number of aromatic nitrogens is 4. The number of carbonyl (C=O) groups is 1. The van der Waals surface area contributed by atoms with Gasteiger partial charge in [-0.05, 0) is 60.0 Å². The third-order valence-corrected chi connectivity index (χ3v) is 6.03. The Balaban J connectivity index is 0.00000210. The van der Waals surface area contributed by atoms with Crippen LogP contribution in [0.2, 0.25) is 0 Å². The SMILES string of the molecule is CNC(=O)c1cc(Oc2ccc3c(c2)nc(Nc2ccc(C)c(-c4ccnc(OC)c4)c2)n3C)ccn1.[HH].[HH].